The van der Waals surface area contributed by atoms with Crippen molar-refractivity contribution in [2.75, 3.05) is 13.1 Å². The topological polar surface area (TPSA) is 40.5 Å². The van der Waals surface area contributed by atoms with Crippen LogP contribution in [0.5, 0.6) is 0 Å². The molecule has 1 fully saturated rings. The van der Waals surface area contributed by atoms with E-state index in [4.69, 9.17) is 0 Å². The van der Waals surface area contributed by atoms with Gasteiger partial charge in [-0.1, -0.05) is 30.3 Å². The number of carboxylic acid groups (broad SMARTS) is 1. The lowest BCUT2D eigenvalue weighted by Gasteiger charge is -2.31. The van der Waals surface area contributed by atoms with Crippen molar-refractivity contribution in [3.63, 3.8) is 0 Å². The standard InChI is InChI=1S/C14H19NO2/c1-14(2,13(16)17)15-9-8-12(10-15)11-6-4-3-5-7-11/h3-7,12H,8-10H2,1-2H3,(H,16,17). The van der Waals surface area contributed by atoms with Crippen LogP contribution in [0.25, 0.3) is 0 Å². The number of carbonyl (C=O) groups is 1. The molecule has 0 aliphatic carbocycles. The van der Waals surface area contributed by atoms with Crippen molar-refractivity contribution in [1.82, 2.24) is 4.90 Å². The normalized spacial score (nSPS) is 21.6. The van der Waals surface area contributed by atoms with Crippen molar-refractivity contribution in [2.24, 2.45) is 0 Å². The van der Waals surface area contributed by atoms with Crippen molar-refractivity contribution in [1.29, 1.82) is 0 Å². The van der Waals surface area contributed by atoms with Gasteiger partial charge in [-0.25, -0.2) is 0 Å². The number of hydrogen-bond acceptors (Lipinski definition) is 2. The van der Waals surface area contributed by atoms with Crippen LogP contribution in [0.2, 0.25) is 0 Å². The quantitative estimate of drug-likeness (QED) is 0.871. The van der Waals surface area contributed by atoms with Crippen LogP contribution in [0.3, 0.4) is 0 Å². The highest BCUT2D eigenvalue weighted by atomic mass is 16.4. The third-order valence-corrected chi connectivity index (χ3v) is 3.77. The predicted molar refractivity (Wildman–Crippen MR) is 67.1 cm³/mol. The highest BCUT2D eigenvalue weighted by Gasteiger charge is 2.39. The number of hydrogen-bond donors (Lipinski definition) is 1. The molecule has 0 spiro atoms. The summed E-state index contributed by atoms with van der Waals surface area (Å²) in [5.41, 5.74) is 0.556. The second-order valence-electron chi connectivity index (χ2n) is 5.21. The molecule has 1 N–H and O–H groups in total. The lowest BCUT2D eigenvalue weighted by molar-refractivity contribution is -0.148. The molecular formula is C14H19NO2. The molecule has 0 radical (unpaired) electrons. The molecule has 3 heteroatoms. The molecule has 0 aromatic heterocycles. The van der Waals surface area contributed by atoms with E-state index in [0.717, 1.165) is 19.5 Å². The molecule has 3 nitrogen and oxygen atoms in total. The molecule has 1 aliphatic heterocycles. The van der Waals surface area contributed by atoms with E-state index in [2.05, 4.69) is 17.0 Å². The van der Waals surface area contributed by atoms with E-state index in [9.17, 15) is 9.90 Å². The van der Waals surface area contributed by atoms with Gasteiger partial charge in [0, 0.05) is 6.54 Å². The van der Waals surface area contributed by atoms with Crippen molar-refractivity contribution in [3.05, 3.63) is 35.9 Å². The SMILES string of the molecule is CC(C)(C(=O)O)N1CCC(c2ccccc2)C1. The molecule has 1 aromatic rings. The van der Waals surface area contributed by atoms with Gasteiger partial charge in [0.25, 0.3) is 0 Å². The van der Waals surface area contributed by atoms with Gasteiger partial charge >= 0.3 is 5.97 Å². The molecule has 1 saturated heterocycles. The maximum atomic E-state index is 11.2. The smallest absolute Gasteiger partial charge is 0.323 e. The highest BCUT2D eigenvalue weighted by Crippen LogP contribution is 2.31. The van der Waals surface area contributed by atoms with Crippen LogP contribution in [0.15, 0.2) is 30.3 Å². The lowest BCUT2D eigenvalue weighted by Crippen LogP contribution is -2.48. The zero-order chi connectivity index (χ0) is 12.5. The predicted octanol–water partition coefficient (Wildman–Crippen LogP) is 2.34. The van der Waals surface area contributed by atoms with Crippen LogP contribution < -0.4 is 0 Å². The van der Waals surface area contributed by atoms with E-state index in [1.807, 2.05) is 18.2 Å². The Morgan fingerprint density at radius 3 is 2.59 bits per heavy atom. The molecule has 0 bridgehead atoms. The van der Waals surface area contributed by atoms with Gasteiger partial charge in [-0.05, 0) is 38.3 Å². The summed E-state index contributed by atoms with van der Waals surface area (Å²) in [6.07, 6.45) is 1.04. The molecule has 0 amide bonds. The number of likely N-dealkylation sites (tertiary alicyclic amines) is 1. The Labute approximate surface area is 102 Å². The zero-order valence-electron chi connectivity index (χ0n) is 10.4. The maximum absolute atomic E-state index is 11.2. The molecule has 1 aliphatic rings. The molecule has 1 atom stereocenters. The summed E-state index contributed by atoms with van der Waals surface area (Å²) in [4.78, 5) is 13.3. The molecule has 0 saturated carbocycles. The third kappa shape index (κ3) is 2.34. The van der Waals surface area contributed by atoms with E-state index in [0.29, 0.717) is 5.92 Å². The van der Waals surface area contributed by atoms with Crippen LogP contribution in [0, 0.1) is 0 Å². The van der Waals surface area contributed by atoms with Crippen LogP contribution >= 0.6 is 0 Å². The summed E-state index contributed by atoms with van der Waals surface area (Å²) in [6, 6.07) is 10.3. The number of carboxylic acids is 1. The molecule has 1 heterocycles. The average molecular weight is 233 g/mol. The minimum absolute atomic E-state index is 0.467. The summed E-state index contributed by atoms with van der Waals surface area (Å²) in [5, 5.41) is 9.22. The van der Waals surface area contributed by atoms with E-state index >= 15 is 0 Å². The van der Waals surface area contributed by atoms with Gasteiger partial charge in [0.15, 0.2) is 0 Å². The third-order valence-electron chi connectivity index (χ3n) is 3.77. The number of rotatable bonds is 3. The van der Waals surface area contributed by atoms with E-state index in [-0.39, 0.29) is 0 Å². The van der Waals surface area contributed by atoms with E-state index < -0.39 is 11.5 Å². The molecule has 1 aromatic carbocycles. The van der Waals surface area contributed by atoms with Crippen molar-refractivity contribution >= 4 is 5.97 Å². The Morgan fingerprint density at radius 1 is 1.35 bits per heavy atom. The van der Waals surface area contributed by atoms with Crippen LogP contribution in [0.1, 0.15) is 31.7 Å². The zero-order valence-corrected chi connectivity index (χ0v) is 10.4. The van der Waals surface area contributed by atoms with Crippen molar-refractivity contribution < 1.29 is 9.90 Å². The monoisotopic (exact) mass is 233 g/mol. The molecule has 2 rings (SSSR count). The fourth-order valence-corrected chi connectivity index (χ4v) is 2.40. The number of nitrogens with zero attached hydrogens (tertiary/aromatic N) is 1. The average Bonchev–Trinajstić information content (AvgIpc) is 2.80. The van der Waals surface area contributed by atoms with Gasteiger partial charge in [0.1, 0.15) is 5.54 Å². The lowest BCUT2D eigenvalue weighted by atomic mass is 9.98. The second-order valence-corrected chi connectivity index (χ2v) is 5.21. The molecule has 1 unspecified atom stereocenters. The minimum atomic E-state index is -0.760. The van der Waals surface area contributed by atoms with Crippen LogP contribution in [-0.4, -0.2) is 34.6 Å². The van der Waals surface area contributed by atoms with Gasteiger partial charge < -0.3 is 5.11 Å². The second kappa shape index (κ2) is 4.49. The van der Waals surface area contributed by atoms with Gasteiger partial charge in [-0.2, -0.15) is 0 Å². The molecule has 92 valence electrons. The Kier molecular flexibility index (Phi) is 3.20. The summed E-state index contributed by atoms with van der Waals surface area (Å²) >= 11 is 0. The Balaban J connectivity index is 2.08. The van der Waals surface area contributed by atoms with Crippen molar-refractivity contribution in [2.45, 2.75) is 31.7 Å². The largest absolute Gasteiger partial charge is 0.480 e. The van der Waals surface area contributed by atoms with Crippen LogP contribution in [-0.2, 0) is 4.79 Å². The first-order valence-electron chi connectivity index (χ1n) is 6.05. The minimum Gasteiger partial charge on any atom is -0.480 e. The first kappa shape index (κ1) is 12.1. The summed E-state index contributed by atoms with van der Waals surface area (Å²) in [6.45, 7) is 5.26. The van der Waals surface area contributed by atoms with Gasteiger partial charge in [0.2, 0.25) is 0 Å². The summed E-state index contributed by atoms with van der Waals surface area (Å²) < 4.78 is 0. The Bertz CT molecular complexity index is 400. The first-order chi connectivity index (χ1) is 8.01. The number of aliphatic carboxylic acids is 1. The molecule has 17 heavy (non-hydrogen) atoms. The fraction of sp³-hybridized carbons (Fsp3) is 0.500. The van der Waals surface area contributed by atoms with E-state index in [1.165, 1.54) is 5.56 Å². The highest BCUT2D eigenvalue weighted by molar-refractivity contribution is 5.77. The Morgan fingerprint density at radius 2 is 2.00 bits per heavy atom. The van der Waals surface area contributed by atoms with Crippen LogP contribution in [0.4, 0.5) is 0 Å². The van der Waals surface area contributed by atoms with Gasteiger partial charge in [-0.15, -0.1) is 0 Å². The summed E-state index contributed by atoms with van der Waals surface area (Å²) in [5.74, 6) is -0.277. The van der Waals surface area contributed by atoms with Gasteiger partial charge in [-0.3, -0.25) is 9.69 Å². The van der Waals surface area contributed by atoms with E-state index in [1.54, 1.807) is 13.8 Å². The summed E-state index contributed by atoms with van der Waals surface area (Å²) in [7, 11) is 0. The molecular weight excluding hydrogens is 214 g/mol. The van der Waals surface area contributed by atoms with Gasteiger partial charge in [0.05, 0.1) is 0 Å². The Hall–Kier alpha value is -1.35. The van der Waals surface area contributed by atoms with Crippen molar-refractivity contribution in [3.8, 4) is 0 Å². The maximum Gasteiger partial charge on any atom is 0.323 e. The number of benzene rings is 1. The first-order valence-corrected chi connectivity index (χ1v) is 6.05. The fourth-order valence-electron chi connectivity index (χ4n) is 2.40.